The number of benzene rings is 1. The van der Waals surface area contributed by atoms with Crippen molar-refractivity contribution in [1.29, 1.82) is 0 Å². The van der Waals surface area contributed by atoms with Crippen LogP contribution in [0.2, 0.25) is 0 Å². The fourth-order valence-electron chi connectivity index (χ4n) is 1.34. The van der Waals surface area contributed by atoms with Crippen LogP contribution >= 0.6 is 0 Å². The van der Waals surface area contributed by atoms with Crippen LogP contribution in [0.3, 0.4) is 0 Å². The van der Waals surface area contributed by atoms with E-state index in [4.69, 9.17) is 5.73 Å². The van der Waals surface area contributed by atoms with Gasteiger partial charge in [0.05, 0.1) is 16.3 Å². The van der Waals surface area contributed by atoms with Gasteiger partial charge < -0.3 is 11.1 Å². The average Bonchev–Trinajstić information content (AvgIpc) is 2.30. The Morgan fingerprint density at radius 3 is 2.59 bits per heavy atom. The fourth-order valence-corrected chi connectivity index (χ4v) is 2.39. The summed E-state index contributed by atoms with van der Waals surface area (Å²) < 4.78 is 23.6. The number of anilines is 1. The van der Waals surface area contributed by atoms with Gasteiger partial charge in [0, 0.05) is 13.0 Å². The highest BCUT2D eigenvalue weighted by atomic mass is 32.2. The zero-order valence-corrected chi connectivity index (χ0v) is 10.5. The van der Waals surface area contributed by atoms with Gasteiger partial charge in [0.15, 0.2) is 9.84 Å². The minimum absolute atomic E-state index is 0.00320. The second-order valence-electron chi connectivity index (χ2n) is 3.49. The van der Waals surface area contributed by atoms with Gasteiger partial charge in [-0.2, -0.15) is 0 Å². The van der Waals surface area contributed by atoms with E-state index in [1.165, 1.54) is 6.07 Å². The first-order chi connectivity index (χ1) is 8.01. The molecule has 0 heterocycles. The van der Waals surface area contributed by atoms with Crippen molar-refractivity contribution in [2.75, 3.05) is 17.6 Å². The highest BCUT2D eigenvalue weighted by Gasteiger charge is 2.16. The molecule has 0 bridgehead atoms. The highest BCUT2D eigenvalue weighted by Crippen LogP contribution is 2.21. The van der Waals surface area contributed by atoms with Crippen molar-refractivity contribution < 1.29 is 13.2 Å². The minimum atomic E-state index is -3.34. The Morgan fingerprint density at radius 2 is 2.00 bits per heavy atom. The smallest absolute Gasteiger partial charge is 0.225 e. The van der Waals surface area contributed by atoms with E-state index in [1.54, 1.807) is 25.1 Å². The van der Waals surface area contributed by atoms with Crippen LogP contribution < -0.4 is 11.1 Å². The SMILES string of the molecule is CCS(=O)(=O)c1ccccc1NC(=O)CCN. The molecule has 94 valence electrons. The van der Waals surface area contributed by atoms with Gasteiger partial charge in [0.2, 0.25) is 5.91 Å². The van der Waals surface area contributed by atoms with E-state index in [0.717, 1.165) is 0 Å². The number of carbonyl (C=O) groups excluding carboxylic acids is 1. The summed E-state index contributed by atoms with van der Waals surface area (Å²) in [5, 5.41) is 2.55. The molecule has 1 rings (SSSR count). The number of nitrogens with two attached hydrogens (primary N) is 1. The molecule has 0 aromatic heterocycles. The minimum Gasteiger partial charge on any atom is -0.330 e. The third-order valence-electron chi connectivity index (χ3n) is 2.25. The lowest BCUT2D eigenvalue weighted by atomic mass is 10.3. The molecular weight excluding hydrogens is 240 g/mol. The lowest BCUT2D eigenvalue weighted by Gasteiger charge is -2.10. The number of hydrogen-bond donors (Lipinski definition) is 2. The molecule has 0 saturated carbocycles. The summed E-state index contributed by atoms with van der Waals surface area (Å²) in [6.07, 6.45) is 0.167. The van der Waals surface area contributed by atoms with Crippen LogP contribution in [0.25, 0.3) is 0 Å². The third kappa shape index (κ3) is 3.54. The molecule has 0 unspecified atom stereocenters. The maximum absolute atomic E-state index is 11.8. The Morgan fingerprint density at radius 1 is 1.35 bits per heavy atom. The zero-order valence-electron chi connectivity index (χ0n) is 9.64. The first-order valence-corrected chi connectivity index (χ1v) is 6.98. The van der Waals surface area contributed by atoms with Gasteiger partial charge in [0.25, 0.3) is 0 Å². The van der Waals surface area contributed by atoms with Crippen molar-refractivity contribution in [2.45, 2.75) is 18.2 Å². The molecule has 17 heavy (non-hydrogen) atoms. The number of carbonyl (C=O) groups is 1. The van der Waals surface area contributed by atoms with Crippen LogP contribution in [0.4, 0.5) is 5.69 Å². The van der Waals surface area contributed by atoms with Gasteiger partial charge in [-0.3, -0.25) is 4.79 Å². The summed E-state index contributed by atoms with van der Waals surface area (Å²) in [6.45, 7) is 1.79. The molecule has 0 radical (unpaired) electrons. The second kappa shape index (κ2) is 5.79. The molecule has 1 amide bonds. The highest BCUT2D eigenvalue weighted by molar-refractivity contribution is 7.91. The fraction of sp³-hybridized carbons (Fsp3) is 0.364. The number of nitrogens with one attached hydrogen (secondary N) is 1. The van der Waals surface area contributed by atoms with E-state index < -0.39 is 9.84 Å². The summed E-state index contributed by atoms with van der Waals surface area (Å²) >= 11 is 0. The van der Waals surface area contributed by atoms with E-state index in [9.17, 15) is 13.2 Å². The number of hydrogen-bond acceptors (Lipinski definition) is 4. The normalized spacial score (nSPS) is 11.2. The summed E-state index contributed by atoms with van der Waals surface area (Å²) in [7, 11) is -3.34. The molecule has 3 N–H and O–H groups in total. The molecule has 0 aliphatic carbocycles. The molecule has 6 heteroatoms. The zero-order chi connectivity index (χ0) is 12.9. The van der Waals surface area contributed by atoms with Crippen molar-refractivity contribution in [2.24, 2.45) is 5.73 Å². The Hall–Kier alpha value is -1.40. The van der Waals surface area contributed by atoms with Crippen LogP contribution in [0.15, 0.2) is 29.2 Å². The standard InChI is InChI=1S/C11H16N2O3S/c1-2-17(15,16)10-6-4-3-5-9(10)13-11(14)7-8-12/h3-6H,2,7-8,12H2,1H3,(H,13,14). The van der Waals surface area contributed by atoms with E-state index in [-0.39, 0.29) is 29.5 Å². The maximum Gasteiger partial charge on any atom is 0.225 e. The Balaban J connectivity index is 3.05. The lowest BCUT2D eigenvalue weighted by molar-refractivity contribution is -0.116. The Bertz CT molecular complexity index is 497. The van der Waals surface area contributed by atoms with E-state index in [1.807, 2.05) is 0 Å². The van der Waals surface area contributed by atoms with Crippen LogP contribution in [-0.2, 0) is 14.6 Å². The van der Waals surface area contributed by atoms with Gasteiger partial charge in [0.1, 0.15) is 0 Å². The Labute approximate surface area is 101 Å². The molecule has 1 aromatic rings. The molecular formula is C11H16N2O3S. The molecule has 0 fully saturated rings. The molecule has 0 aliphatic rings. The summed E-state index contributed by atoms with van der Waals surface area (Å²) in [5.41, 5.74) is 5.57. The van der Waals surface area contributed by atoms with Crippen LogP contribution in [0.1, 0.15) is 13.3 Å². The monoisotopic (exact) mass is 256 g/mol. The van der Waals surface area contributed by atoms with Crippen molar-refractivity contribution in [3.8, 4) is 0 Å². The quantitative estimate of drug-likeness (QED) is 0.814. The van der Waals surface area contributed by atoms with Gasteiger partial charge in [-0.25, -0.2) is 8.42 Å². The Kier molecular flexibility index (Phi) is 4.65. The molecule has 0 aliphatic heterocycles. The molecule has 1 aromatic carbocycles. The predicted molar refractivity (Wildman–Crippen MR) is 66.5 cm³/mol. The summed E-state index contributed by atoms with van der Waals surface area (Å²) in [5.74, 6) is -0.289. The van der Waals surface area contributed by atoms with Gasteiger partial charge in [-0.1, -0.05) is 19.1 Å². The van der Waals surface area contributed by atoms with E-state index in [0.29, 0.717) is 5.69 Å². The first-order valence-electron chi connectivity index (χ1n) is 5.33. The largest absolute Gasteiger partial charge is 0.330 e. The molecule has 5 nitrogen and oxygen atoms in total. The van der Waals surface area contributed by atoms with Gasteiger partial charge in [-0.05, 0) is 12.1 Å². The van der Waals surface area contributed by atoms with Crippen LogP contribution in [0, 0.1) is 0 Å². The molecule has 0 spiro atoms. The average molecular weight is 256 g/mol. The second-order valence-corrected chi connectivity index (χ2v) is 5.73. The maximum atomic E-state index is 11.8. The number of sulfone groups is 1. The number of para-hydroxylation sites is 1. The molecule has 0 atom stereocenters. The molecule has 0 saturated heterocycles. The van der Waals surface area contributed by atoms with Gasteiger partial charge >= 0.3 is 0 Å². The lowest BCUT2D eigenvalue weighted by Crippen LogP contribution is -2.18. The van der Waals surface area contributed by atoms with Crippen molar-refractivity contribution in [1.82, 2.24) is 0 Å². The van der Waals surface area contributed by atoms with Crippen molar-refractivity contribution >= 4 is 21.4 Å². The predicted octanol–water partition coefficient (Wildman–Crippen LogP) is 0.768. The van der Waals surface area contributed by atoms with Gasteiger partial charge in [-0.15, -0.1) is 0 Å². The topological polar surface area (TPSA) is 89.3 Å². The van der Waals surface area contributed by atoms with Crippen molar-refractivity contribution in [3.63, 3.8) is 0 Å². The number of rotatable bonds is 5. The first kappa shape index (κ1) is 13.7. The van der Waals surface area contributed by atoms with Crippen LogP contribution in [-0.4, -0.2) is 26.6 Å². The summed E-state index contributed by atoms with van der Waals surface area (Å²) in [6, 6.07) is 6.35. The number of amides is 1. The van der Waals surface area contributed by atoms with E-state index >= 15 is 0 Å². The third-order valence-corrected chi connectivity index (χ3v) is 4.03. The van der Waals surface area contributed by atoms with Crippen LogP contribution in [0.5, 0.6) is 0 Å². The summed E-state index contributed by atoms with van der Waals surface area (Å²) in [4.78, 5) is 11.5. The van der Waals surface area contributed by atoms with Crippen molar-refractivity contribution in [3.05, 3.63) is 24.3 Å². The van der Waals surface area contributed by atoms with E-state index in [2.05, 4.69) is 5.32 Å².